The van der Waals surface area contributed by atoms with Crippen LogP contribution in [0.1, 0.15) is 6.42 Å². The highest BCUT2D eigenvalue weighted by molar-refractivity contribution is 5.85. The number of tetrazole rings is 1. The number of ether oxygens (including phenoxy) is 3. The lowest BCUT2D eigenvalue weighted by atomic mass is 10.1. The molecule has 25 heavy (non-hydrogen) atoms. The Balaban J connectivity index is 1.70. The van der Waals surface area contributed by atoms with E-state index in [0.717, 1.165) is 0 Å². The second-order valence-electron chi connectivity index (χ2n) is 5.16. The monoisotopic (exact) mass is 346 g/mol. The number of para-hydroxylation sites is 1. The summed E-state index contributed by atoms with van der Waals surface area (Å²) in [5, 5.41) is 14.1. The minimum Gasteiger partial charge on any atom is -0.490 e. The van der Waals surface area contributed by atoms with Gasteiger partial charge in [-0.05, 0) is 17.3 Å². The maximum atomic E-state index is 12.2. The molecule has 0 aliphatic heterocycles. The molecule has 0 spiro atoms. The van der Waals surface area contributed by atoms with Crippen LogP contribution in [0, 0.1) is 0 Å². The smallest absolute Gasteiger partial charge is 0.347 e. The number of aromatic nitrogens is 4. The Bertz CT molecular complexity index is 863. The van der Waals surface area contributed by atoms with Crippen LogP contribution in [-0.4, -0.2) is 54.2 Å². The fourth-order valence-electron chi connectivity index (χ4n) is 2.25. The summed E-state index contributed by atoms with van der Waals surface area (Å²) in [6.45, 7) is 2.14. The van der Waals surface area contributed by atoms with Crippen molar-refractivity contribution in [1.82, 2.24) is 20.6 Å². The quantitative estimate of drug-likeness (QED) is 0.457. The number of hydrogen-bond acceptors (Lipinski definition) is 8. The minimum absolute atomic E-state index is 0.190. The summed E-state index contributed by atoms with van der Waals surface area (Å²) in [5.74, 6) is 0.696. The highest BCUT2D eigenvalue weighted by atomic mass is 16.5. The van der Waals surface area contributed by atoms with Crippen LogP contribution in [0.2, 0.25) is 0 Å². The van der Waals surface area contributed by atoms with Gasteiger partial charge < -0.3 is 18.6 Å². The van der Waals surface area contributed by atoms with Crippen molar-refractivity contribution in [3.8, 4) is 17.1 Å². The number of methoxy groups -OCH3 is 1. The number of benzene rings is 1. The average Bonchev–Trinajstić information content (AvgIpc) is 3.15. The van der Waals surface area contributed by atoms with Crippen molar-refractivity contribution in [2.75, 3.05) is 33.5 Å². The summed E-state index contributed by atoms with van der Waals surface area (Å²) in [6, 6.07) is 7.06. The van der Waals surface area contributed by atoms with Crippen LogP contribution in [0.3, 0.4) is 0 Å². The minimum atomic E-state index is -0.548. The van der Waals surface area contributed by atoms with E-state index < -0.39 is 5.63 Å². The van der Waals surface area contributed by atoms with E-state index in [1.54, 1.807) is 19.2 Å². The summed E-state index contributed by atoms with van der Waals surface area (Å²) in [4.78, 5) is 12.2. The fourth-order valence-corrected chi connectivity index (χ4v) is 2.25. The van der Waals surface area contributed by atoms with Gasteiger partial charge in [0.2, 0.25) is 5.82 Å². The lowest BCUT2D eigenvalue weighted by molar-refractivity contribution is 0.0644. The van der Waals surface area contributed by atoms with E-state index in [0.29, 0.717) is 49.6 Å². The summed E-state index contributed by atoms with van der Waals surface area (Å²) < 4.78 is 21.4. The molecule has 1 N–H and O–H groups in total. The summed E-state index contributed by atoms with van der Waals surface area (Å²) >= 11 is 0. The maximum Gasteiger partial charge on any atom is 0.347 e. The predicted octanol–water partition coefficient (Wildman–Crippen LogP) is 1.41. The molecule has 3 rings (SSSR count). The Labute approximate surface area is 142 Å². The molecule has 0 fully saturated rings. The van der Waals surface area contributed by atoms with E-state index in [2.05, 4.69) is 20.6 Å². The zero-order valence-electron chi connectivity index (χ0n) is 13.7. The maximum absolute atomic E-state index is 12.2. The predicted molar refractivity (Wildman–Crippen MR) is 88.5 cm³/mol. The van der Waals surface area contributed by atoms with E-state index in [4.69, 9.17) is 18.6 Å². The second kappa shape index (κ2) is 8.36. The highest BCUT2D eigenvalue weighted by Gasteiger charge is 2.14. The Morgan fingerprint density at radius 3 is 2.92 bits per heavy atom. The van der Waals surface area contributed by atoms with E-state index in [-0.39, 0.29) is 11.4 Å². The average molecular weight is 346 g/mol. The summed E-state index contributed by atoms with van der Waals surface area (Å²) in [5.41, 5.74) is 0.0813. The van der Waals surface area contributed by atoms with Gasteiger partial charge in [0.15, 0.2) is 11.3 Å². The fraction of sp³-hybridized carbons (Fsp3) is 0.375. The van der Waals surface area contributed by atoms with Crippen molar-refractivity contribution in [3.05, 3.63) is 34.7 Å². The van der Waals surface area contributed by atoms with E-state index in [1.807, 2.05) is 12.1 Å². The molecule has 0 bridgehead atoms. The van der Waals surface area contributed by atoms with Crippen molar-refractivity contribution in [1.29, 1.82) is 0 Å². The van der Waals surface area contributed by atoms with Gasteiger partial charge in [0.1, 0.15) is 5.56 Å². The Morgan fingerprint density at radius 1 is 1.20 bits per heavy atom. The van der Waals surface area contributed by atoms with E-state index >= 15 is 0 Å². The number of aromatic amines is 1. The zero-order valence-corrected chi connectivity index (χ0v) is 13.7. The molecule has 0 aliphatic carbocycles. The Kier molecular flexibility index (Phi) is 5.70. The molecule has 9 heteroatoms. The molecule has 0 atom stereocenters. The Hall–Kier alpha value is -2.78. The van der Waals surface area contributed by atoms with Crippen molar-refractivity contribution in [3.63, 3.8) is 0 Å². The molecule has 0 unspecified atom stereocenters. The molecule has 1 aromatic carbocycles. The molecule has 2 aromatic heterocycles. The third-order valence-electron chi connectivity index (χ3n) is 3.43. The third-order valence-corrected chi connectivity index (χ3v) is 3.43. The van der Waals surface area contributed by atoms with Gasteiger partial charge in [0.05, 0.1) is 19.8 Å². The molecule has 0 radical (unpaired) electrons. The summed E-state index contributed by atoms with van der Waals surface area (Å²) in [7, 11) is 1.63. The first-order valence-electron chi connectivity index (χ1n) is 7.80. The van der Waals surface area contributed by atoms with Crippen LogP contribution < -0.4 is 10.4 Å². The van der Waals surface area contributed by atoms with Gasteiger partial charge in [0.25, 0.3) is 0 Å². The van der Waals surface area contributed by atoms with Crippen molar-refractivity contribution < 1.29 is 18.6 Å². The normalized spacial score (nSPS) is 11.1. The first kappa shape index (κ1) is 17.1. The molecule has 9 nitrogen and oxygen atoms in total. The van der Waals surface area contributed by atoms with E-state index in [9.17, 15) is 4.79 Å². The molecular formula is C16H18N4O5. The van der Waals surface area contributed by atoms with Gasteiger partial charge in [0, 0.05) is 25.5 Å². The lowest BCUT2D eigenvalue weighted by Crippen LogP contribution is -2.08. The standard InChI is InChI=1S/C16H18N4O5/c1-22-8-9-23-6-3-7-24-13-5-2-4-11-10-12(15-17-19-20-18-15)16(21)25-14(11)13/h2,4-5,10H,3,6-9H2,1H3,(H,17,18,19,20). The van der Waals surface area contributed by atoms with Gasteiger partial charge in [-0.15, -0.1) is 10.2 Å². The molecule has 132 valence electrons. The molecule has 0 amide bonds. The van der Waals surface area contributed by atoms with Gasteiger partial charge in [-0.3, -0.25) is 0 Å². The summed E-state index contributed by atoms with van der Waals surface area (Å²) in [6.07, 6.45) is 0.714. The number of H-pyrrole nitrogens is 1. The number of nitrogens with one attached hydrogen (secondary N) is 1. The van der Waals surface area contributed by atoms with Crippen LogP contribution in [0.15, 0.2) is 33.5 Å². The van der Waals surface area contributed by atoms with Gasteiger partial charge in [-0.25, -0.2) is 4.79 Å². The van der Waals surface area contributed by atoms with Crippen LogP contribution in [0.5, 0.6) is 5.75 Å². The van der Waals surface area contributed by atoms with Crippen LogP contribution in [0.25, 0.3) is 22.4 Å². The molecule has 2 heterocycles. The van der Waals surface area contributed by atoms with Crippen LogP contribution in [0.4, 0.5) is 0 Å². The van der Waals surface area contributed by atoms with E-state index in [1.165, 1.54) is 0 Å². The van der Waals surface area contributed by atoms with Crippen molar-refractivity contribution in [2.45, 2.75) is 6.42 Å². The zero-order chi connectivity index (χ0) is 17.5. The molecule has 0 saturated carbocycles. The first-order chi connectivity index (χ1) is 12.3. The third kappa shape index (κ3) is 4.20. The SMILES string of the molecule is COCCOCCCOc1cccc2cc(-c3nn[nH]n3)c(=O)oc12. The molecule has 0 saturated heterocycles. The Morgan fingerprint density at radius 2 is 2.12 bits per heavy atom. The first-order valence-corrected chi connectivity index (χ1v) is 7.80. The number of fused-ring (bicyclic) bond motifs is 1. The molecule has 3 aromatic rings. The lowest BCUT2D eigenvalue weighted by Gasteiger charge is -2.09. The topological polar surface area (TPSA) is 112 Å². The molecule has 0 aliphatic rings. The van der Waals surface area contributed by atoms with Crippen molar-refractivity contribution >= 4 is 11.0 Å². The number of nitrogens with zero attached hydrogens (tertiary/aromatic N) is 3. The largest absolute Gasteiger partial charge is 0.490 e. The number of hydrogen-bond donors (Lipinski definition) is 1. The number of rotatable bonds is 9. The second-order valence-corrected chi connectivity index (χ2v) is 5.16. The van der Waals surface area contributed by atoms with Crippen molar-refractivity contribution in [2.24, 2.45) is 0 Å². The van der Waals surface area contributed by atoms with Gasteiger partial charge >= 0.3 is 5.63 Å². The molecular weight excluding hydrogens is 328 g/mol. The highest BCUT2D eigenvalue weighted by Crippen LogP contribution is 2.26. The van der Waals surface area contributed by atoms with Gasteiger partial charge in [-0.1, -0.05) is 12.1 Å². The van der Waals surface area contributed by atoms with Crippen LogP contribution in [-0.2, 0) is 9.47 Å². The van der Waals surface area contributed by atoms with Gasteiger partial charge in [-0.2, -0.15) is 5.21 Å². The van der Waals surface area contributed by atoms with Crippen LogP contribution >= 0.6 is 0 Å².